The first kappa shape index (κ1) is 8.72. The lowest BCUT2D eigenvalue weighted by atomic mass is 9.82. The molecule has 0 heteroatoms. The van der Waals surface area contributed by atoms with E-state index in [0.717, 1.165) is 0 Å². The van der Waals surface area contributed by atoms with Gasteiger partial charge in [-0.05, 0) is 46.5 Å². The summed E-state index contributed by atoms with van der Waals surface area (Å²) in [5.74, 6) is 0. The van der Waals surface area contributed by atoms with Gasteiger partial charge in [-0.2, -0.15) is 0 Å². The van der Waals surface area contributed by atoms with Gasteiger partial charge in [0.15, 0.2) is 0 Å². The van der Waals surface area contributed by atoms with Gasteiger partial charge in [-0.3, -0.25) is 0 Å². The highest BCUT2D eigenvalue weighted by molar-refractivity contribution is 5.80. The maximum atomic E-state index is 3.33. The van der Waals surface area contributed by atoms with Crippen LogP contribution >= 0.6 is 0 Å². The molecule has 1 aliphatic rings. The van der Waals surface area contributed by atoms with Gasteiger partial charge in [-0.15, -0.1) is 0 Å². The van der Waals surface area contributed by atoms with Crippen molar-refractivity contribution in [1.29, 1.82) is 0 Å². The fraction of sp³-hybridized carbons (Fsp3) is 0.200. The Morgan fingerprint density at radius 2 is 1.87 bits per heavy atom. The van der Waals surface area contributed by atoms with E-state index in [1.165, 1.54) is 22.3 Å². The molecule has 15 heavy (non-hydrogen) atoms. The smallest absolute Gasteiger partial charge is 0.0165 e. The van der Waals surface area contributed by atoms with Crippen molar-refractivity contribution in [2.45, 2.75) is 19.3 Å². The molecule has 0 fully saturated rings. The average Bonchev–Trinajstić information content (AvgIpc) is 2.51. The van der Waals surface area contributed by atoms with Gasteiger partial charge in [-0.25, -0.2) is 0 Å². The van der Waals surface area contributed by atoms with Gasteiger partial charge in [-0.1, -0.05) is 38.1 Å². The normalized spacial score (nSPS) is 15.9. The van der Waals surface area contributed by atoms with E-state index in [1.54, 1.807) is 0 Å². The molecule has 0 spiro atoms. The van der Waals surface area contributed by atoms with E-state index in [2.05, 4.69) is 56.3 Å². The molecule has 0 atom stereocenters. The number of fused-ring (bicyclic) bond motifs is 3. The number of hydrogen-bond donors (Lipinski definition) is 0. The van der Waals surface area contributed by atoms with E-state index in [-0.39, 0.29) is 5.41 Å². The molecule has 0 amide bonds. The van der Waals surface area contributed by atoms with Crippen LogP contribution in [-0.4, -0.2) is 0 Å². The molecule has 0 saturated heterocycles. The lowest BCUT2D eigenvalue weighted by Crippen LogP contribution is -2.14. The second-order valence-corrected chi connectivity index (χ2v) is 4.56. The summed E-state index contributed by atoms with van der Waals surface area (Å²) in [6.45, 7) is 4.52. The topological polar surface area (TPSA) is 0 Å². The van der Waals surface area contributed by atoms with Crippen LogP contribution in [0, 0.1) is 12.1 Å². The highest BCUT2D eigenvalue weighted by Crippen LogP contribution is 2.47. The van der Waals surface area contributed by atoms with Crippen molar-refractivity contribution in [2.75, 3.05) is 0 Å². The van der Waals surface area contributed by atoms with Crippen molar-refractivity contribution in [1.82, 2.24) is 0 Å². The van der Waals surface area contributed by atoms with Gasteiger partial charge in [0.1, 0.15) is 0 Å². The second-order valence-electron chi connectivity index (χ2n) is 4.56. The molecule has 0 N–H and O–H groups in total. The van der Waals surface area contributed by atoms with Crippen LogP contribution in [0.25, 0.3) is 11.1 Å². The highest BCUT2D eigenvalue weighted by atomic mass is 14.4. The van der Waals surface area contributed by atoms with E-state index in [4.69, 9.17) is 0 Å². The summed E-state index contributed by atoms with van der Waals surface area (Å²) in [5.41, 5.74) is 5.41. The molecular weight excluding hydrogens is 180 g/mol. The molecule has 0 aromatic heterocycles. The van der Waals surface area contributed by atoms with Crippen LogP contribution < -0.4 is 0 Å². The van der Waals surface area contributed by atoms with Crippen molar-refractivity contribution < 1.29 is 0 Å². The molecule has 0 unspecified atom stereocenters. The van der Waals surface area contributed by atoms with E-state index in [0.29, 0.717) is 0 Å². The van der Waals surface area contributed by atoms with Crippen molar-refractivity contribution in [3.63, 3.8) is 0 Å². The summed E-state index contributed by atoms with van der Waals surface area (Å²) in [6.07, 6.45) is 0. The Kier molecular flexibility index (Phi) is 1.59. The number of benzene rings is 2. The Hall–Kier alpha value is -1.56. The minimum absolute atomic E-state index is 0.0844. The molecule has 1 aliphatic carbocycles. The maximum absolute atomic E-state index is 3.33. The van der Waals surface area contributed by atoms with Gasteiger partial charge in [0.05, 0.1) is 0 Å². The van der Waals surface area contributed by atoms with Gasteiger partial charge in [0.2, 0.25) is 0 Å². The first-order valence-electron chi connectivity index (χ1n) is 5.23. The van der Waals surface area contributed by atoms with E-state index < -0.39 is 0 Å². The SMILES string of the molecule is CC1(C)c2[c]c[c]cc2-c2ccccc21. The predicted octanol–water partition coefficient (Wildman–Crippen LogP) is 3.59. The van der Waals surface area contributed by atoms with Crippen LogP contribution in [0.2, 0.25) is 0 Å². The van der Waals surface area contributed by atoms with Crippen molar-refractivity contribution in [3.8, 4) is 11.1 Å². The van der Waals surface area contributed by atoms with Crippen LogP contribution in [0.1, 0.15) is 25.0 Å². The molecule has 3 rings (SSSR count). The van der Waals surface area contributed by atoms with Crippen molar-refractivity contribution in [2.24, 2.45) is 0 Å². The van der Waals surface area contributed by atoms with E-state index in [1.807, 2.05) is 6.07 Å². The van der Waals surface area contributed by atoms with Gasteiger partial charge in [0, 0.05) is 5.41 Å². The van der Waals surface area contributed by atoms with Gasteiger partial charge < -0.3 is 0 Å². The zero-order chi connectivity index (χ0) is 10.5. The lowest BCUT2D eigenvalue weighted by molar-refractivity contribution is 0.659. The fourth-order valence-electron chi connectivity index (χ4n) is 2.52. The Morgan fingerprint density at radius 1 is 1.07 bits per heavy atom. The maximum Gasteiger partial charge on any atom is 0.0165 e. The minimum Gasteiger partial charge on any atom is -0.0619 e. The fourth-order valence-corrected chi connectivity index (χ4v) is 2.52. The molecule has 72 valence electrons. The monoisotopic (exact) mass is 192 g/mol. The minimum atomic E-state index is 0.0844. The summed E-state index contributed by atoms with van der Waals surface area (Å²) < 4.78 is 0. The third-order valence-corrected chi connectivity index (χ3v) is 3.31. The Morgan fingerprint density at radius 3 is 2.73 bits per heavy atom. The zero-order valence-electron chi connectivity index (χ0n) is 8.96. The number of hydrogen-bond acceptors (Lipinski definition) is 0. The van der Waals surface area contributed by atoms with Crippen LogP contribution in [0.15, 0.2) is 36.4 Å². The largest absolute Gasteiger partial charge is 0.0619 e. The Bertz CT molecular complexity index is 474. The van der Waals surface area contributed by atoms with Crippen LogP contribution in [0.3, 0.4) is 0 Å². The standard InChI is InChI=1S/C15H12/c1-15(2)13-9-5-3-7-11(13)12-8-4-6-10-14(12)15/h3,5-9H,1-2H3. The van der Waals surface area contributed by atoms with Crippen LogP contribution in [0.4, 0.5) is 0 Å². The summed E-state index contributed by atoms with van der Waals surface area (Å²) in [5, 5.41) is 0. The van der Waals surface area contributed by atoms with Crippen LogP contribution in [0.5, 0.6) is 0 Å². The highest BCUT2D eigenvalue weighted by Gasteiger charge is 2.34. The molecular formula is C15H12. The first-order chi connectivity index (χ1) is 7.21. The zero-order valence-corrected chi connectivity index (χ0v) is 8.96. The molecule has 0 heterocycles. The molecule has 0 nitrogen and oxygen atoms in total. The third-order valence-electron chi connectivity index (χ3n) is 3.31. The van der Waals surface area contributed by atoms with Crippen molar-refractivity contribution >= 4 is 0 Å². The molecule has 0 bridgehead atoms. The molecule has 0 aliphatic heterocycles. The Labute approximate surface area is 90.6 Å². The van der Waals surface area contributed by atoms with Gasteiger partial charge in [0.25, 0.3) is 0 Å². The average molecular weight is 192 g/mol. The lowest BCUT2D eigenvalue weighted by Gasteiger charge is -2.20. The summed E-state index contributed by atoms with van der Waals surface area (Å²) in [4.78, 5) is 0. The van der Waals surface area contributed by atoms with Gasteiger partial charge >= 0.3 is 0 Å². The molecule has 2 aromatic rings. The summed E-state index contributed by atoms with van der Waals surface area (Å²) >= 11 is 0. The predicted molar refractivity (Wildman–Crippen MR) is 61.7 cm³/mol. The molecule has 0 saturated carbocycles. The summed E-state index contributed by atoms with van der Waals surface area (Å²) in [7, 11) is 0. The Balaban J connectivity index is 2.42. The molecule has 2 radical (unpaired) electrons. The van der Waals surface area contributed by atoms with Crippen molar-refractivity contribution in [3.05, 3.63) is 59.7 Å². The van der Waals surface area contributed by atoms with E-state index in [9.17, 15) is 0 Å². The van der Waals surface area contributed by atoms with E-state index >= 15 is 0 Å². The summed E-state index contributed by atoms with van der Waals surface area (Å²) in [6, 6.07) is 19.0. The molecule has 2 aromatic carbocycles. The third kappa shape index (κ3) is 1.02. The first-order valence-corrected chi connectivity index (χ1v) is 5.23. The quantitative estimate of drug-likeness (QED) is 0.598. The number of rotatable bonds is 0. The second kappa shape index (κ2) is 2.73. The van der Waals surface area contributed by atoms with Crippen LogP contribution in [-0.2, 0) is 5.41 Å².